The maximum atomic E-state index is 3.32. The van der Waals surface area contributed by atoms with E-state index in [1.54, 1.807) is 0 Å². The molecule has 0 bridgehead atoms. The summed E-state index contributed by atoms with van der Waals surface area (Å²) in [5.74, 6) is 2.80. The Bertz CT molecular complexity index is 105. The molecular weight excluding hydrogens is 134 g/mol. The van der Waals surface area contributed by atoms with E-state index in [2.05, 4.69) is 26.1 Å². The quantitative estimate of drug-likeness (QED) is 0.656. The molecule has 1 fully saturated rings. The van der Waals surface area contributed by atoms with E-state index in [-0.39, 0.29) is 0 Å². The number of rotatable bonds is 4. The third kappa shape index (κ3) is 3.24. The summed E-state index contributed by atoms with van der Waals surface area (Å²) in [7, 11) is 0. The summed E-state index contributed by atoms with van der Waals surface area (Å²) in [6.07, 6.45) is 2.84. The van der Waals surface area contributed by atoms with E-state index < -0.39 is 0 Å². The molecule has 1 saturated heterocycles. The minimum absolute atomic E-state index is 0.873. The molecule has 1 heterocycles. The lowest BCUT2D eigenvalue weighted by Gasteiger charge is -2.30. The lowest BCUT2D eigenvalue weighted by atomic mass is 9.87. The van der Waals surface area contributed by atoms with Gasteiger partial charge in [0.05, 0.1) is 0 Å². The average Bonchev–Trinajstić information content (AvgIpc) is 1.77. The van der Waals surface area contributed by atoms with Crippen molar-refractivity contribution in [2.75, 3.05) is 13.1 Å². The zero-order valence-corrected chi connectivity index (χ0v) is 8.06. The van der Waals surface area contributed by atoms with Gasteiger partial charge in [-0.25, -0.2) is 0 Å². The van der Waals surface area contributed by atoms with Gasteiger partial charge in [0.25, 0.3) is 0 Å². The van der Waals surface area contributed by atoms with Gasteiger partial charge in [-0.1, -0.05) is 20.8 Å². The zero-order valence-electron chi connectivity index (χ0n) is 8.06. The highest BCUT2D eigenvalue weighted by Crippen LogP contribution is 2.21. The molecule has 0 aromatic rings. The summed E-state index contributed by atoms with van der Waals surface area (Å²) in [4.78, 5) is 0. The molecule has 1 aliphatic heterocycles. The minimum atomic E-state index is 0.873. The van der Waals surface area contributed by atoms with Crippen molar-refractivity contribution in [1.82, 2.24) is 5.32 Å². The Kier molecular flexibility index (Phi) is 3.38. The Labute approximate surface area is 70.6 Å². The maximum Gasteiger partial charge on any atom is -0.000815 e. The summed E-state index contributed by atoms with van der Waals surface area (Å²) in [5.41, 5.74) is 0. The standard InChI is InChI=1S/C10H21N/c1-8(2)4-9(3)5-10-6-11-7-10/h8-11H,4-7H2,1-3H3. The first-order valence-electron chi connectivity index (χ1n) is 4.89. The van der Waals surface area contributed by atoms with Crippen molar-refractivity contribution in [1.29, 1.82) is 0 Å². The lowest BCUT2D eigenvalue weighted by Crippen LogP contribution is -2.42. The molecule has 1 N–H and O–H groups in total. The van der Waals surface area contributed by atoms with Crippen molar-refractivity contribution in [2.45, 2.75) is 33.6 Å². The van der Waals surface area contributed by atoms with Gasteiger partial charge in [0.15, 0.2) is 0 Å². The van der Waals surface area contributed by atoms with Crippen LogP contribution in [-0.4, -0.2) is 13.1 Å². The first kappa shape index (κ1) is 9.05. The van der Waals surface area contributed by atoms with Crippen LogP contribution in [0.25, 0.3) is 0 Å². The molecule has 66 valence electrons. The van der Waals surface area contributed by atoms with Crippen LogP contribution >= 0.6 is 0 Å². The fourth-order valence-corrected chi connectivity index (χ4v) is 1.99. The average molecular weight is 155 g/mol. The predicted octanol–water partition coefficient (Wildman–Crippen LogP) is 2.28. The molecule has 1 unspecified atom stereocenters. The van der Waals surface area contributed by atoms with Crippen molar-refractivity contribution in [3.05, 3.63) is 0 Å². The first-order chi connectivity index (χ1) is 5.18. The Morgan fingerprint density at radius 2 is 1.91 bits per heavy atom. The molecule has 0 radical (unpaired) electrons. The topological polar surface area (TPSA) is 12.0 Å². The number of hydrogen-bond acceptors (Lipinski definition) is 1. The van der Waals surface area contributed by atoms with Gasteiger partial charge in [0.2, 0.25) is 0 Å². The Hall–Kier alpha value is -0.0400. The molecule has 1 atom stereocenters. The fraction of sp³-hybridized carbons (Fsp3) is 1.00. The monoisotopic (exact) mass is 155 g/mol. The summed E-state index contributed by atoms with van der Waals surface area (Å²) < 4.78 is 0. The third-order valence-corrected chi connectivity index (χ3v) is 2.48. The van der Waals surface area contributed by atoms with E-state index in [9.17, 15) is 0 Å². The lowest BCUT2D eigenvalue weighted by molar-refractivity contribution is 0.264. The molecule has 11 heavy (non-hydrogen) atoms. The van der Waals surface area contributed by atoms with Gasteiger partial charge >= 0.3 is 0 Å². The van der Waals surface area contributed by atoms with E-state index in [4.69, 9.17) is 0 Å². The van der Waals surface area contributed by atoms with E-state index in [1.165, 1.54) is 25.9 Å². The smallest absolute Gasteiger partial charge is 0.000815 e. The molecule has 0 spiro atoms. The van der Waals surface area contributed by atoms with Gasteiger partial charge in [0, 0.05) is 0 Å². The SMILES string of the molecule is CC(C)CC(C)CC1CNC1. The minimum Gasteiger partial charge on any atom is -0.316 e. The van der Waals surface area contributed by atoms with Gasteiger partial charge in [-0.05, 0) is 43.7 Å². The van der Waals surface area contributed by atoms with Crippen LogP contribution in [0.15, 0.2) is 0 Å². The Morgan fingerprint density at radius 3 is 2.27 bits per heavy atom. The Balaban J connectivity index is 2.04. The van der Waals surface area contributed by atoms with Crippen LogP contribution in [0, 0.1) is 17.8 Å². The largest absolute Gasteiger partial charge is 0.316 e. The van der Waals surface area contributed by atoms with Crippen molar-refractivity contribution in [3.8, 4) is 0 Å². The van der Waals surface area contributed by atoms with Crippen molar-refractivity contribution in [2.24, 2.45) is 17.8 Å². The van der Waals surface area contributed by atoms with Crippen molar-refractivity contribution < 1.29 is 0 Å². The molecule has 0 aliphatic carbocycles. The summed E-state index contributed by atoms with van der Waals surface area (Å²) in [5, 5.41) is 3.32. The highest BCUT2D eigenvalue weighted by Gasteiger charge is 2.19. The van der Waals surface area contributed by atoms with Crippen LogP contribution in [0.1, 0.15) is 33.6 Å². The molecule has 0 aromatic heterocycles. The second-order valence-corrected chi connectivity index (χ2v) is 4.49. The van der Waals surface area contributed by atoms with E-state index in [1.807, 2.05) is 0 Å². The van der Waals surface area contributed by atoms with Crippen LogP contribution in [0.2, 0.25) is 0 Å². The van der Waals surface area contributed by atoms with Crippen molar-refractivity contribution in [3.63, 3.8) is 0 Å². The second-order valence-electron chi connectivity index (χ2n) is 4.49. The Morgan fingerprint density at radius 1 is 1.27 bits per heavy atom. The molecule has 1 nitrogen and oxygen atoms in total. The zero-order chi connectivity index (χ0) is 8.27. The highest BCUT2D eigenvalue weighted by atomic mass is 14.9. The van der Waals surface area contributed by atoms with Gasteiger partial charge in [-0.15, -0.1) is 0 Å². The maximum absolute atomic E-state index is 3.32. The van der Waals surface area contributed by atoms with E-state index in [0.717, 1.165) is 17.8 Å². The molecule has 0 aromatic carbocycles. The fourth-order valence-electron chi connectivity index (χ4n) is 1.99. The number of nitrogens with one attached hydrogen (secondary N) is 1. The first-order valence-corrected chi connectivity index (χ1v) is 4.89. The van der Waals surface area contributed by atoms with Crippen LogP contribution < -0.4 is 5.32 Å². The van der Waals surface area contributed by atoms with Crippen LogP contribution in [0.4, 0.5) is 0 Å². The predicted molar refractivity (Wildman–Crippen MR) is 49.6 cm³/mol. The van der Waals surface area contributed by atoms with Gasteiger partial charge in [-0.2, -0.15) is 0 Å². The molecule has 1 rings (SSSR count). The van der Waals surface area contributed by atoms with Crippen molar-refractivity contribution >= 4 is 0 Å². The molecule has 0 saturated carbocycles. The van der Waals surface area contributed by atoms with Crippen LogP contribution in [0.3, 0.4) is 0 Å². The molecule has 0 amide bonds. The second kappa shape index (κ2) is 4.10. The van der Waals surface area contributed by atoms with Gasteiger partial charge in [-0.3, -0.25) is 0 Å². The highest BCUT2D eigenvalue weighted by molar-refractivity contribution is 4.76. The summed E-state index contributed by atoms with van der Waals surface area (Å²) >= 11 is 0. The van der Waals surface area contributed by atoms with Crippen LogP contribution in [-0.2, 0) is 0 Å². The molecule has 1 heteroatoms. The van der Waals surface area contributed by atoms with E-state index >= 15 is 0 Å². The van der Waals surface area contributed by atoms with Gasteiger partial charge in [0.1, 0.15) is 0 Å². The normalized spacial score (nSPS) is 21.8. The third-order valence-electron chi connectivity index (χ3n) is 2.48. The summed E-state index contributed by atoms with van der Waals surface area (Å²) in [6, 6.07) is 0. The summed E-state index contributed by atoms with van der Waals surface area (Å²) in [6.45, 7) is 9.55. The number of hydrogen-bond donors (Lipinski definition) is 1. The molecule has 1 aliphatic rings. The van der Waals surface area contributed by atoms with Gasteiger partial charge < -0.3 is 5.32 Å². The molecular formula is C10H21N. The van der Waals surface area contributed by atoms with Crippen LogP contribution in [0.5, 0.6) is 0 Å². The van der Waals surface area contributed by atoms with E-state index in [0.29, 0.717) is 0 Å².